The molecule has 2 rings (SSSR count). The van der Waals surface area contributed by atoms with Crippen LogP contribution < -0.4 is 20.5 Å². The van der Waals surface area contributed by atoms with Crippen LogP contribution in [-0.4, -0.2) is 26.2 Å². The zero-order valence-corrected chi connectivity index (χ0v) is 12.0. The van der Waals surface area contributed by atoms with Crippen molar-refractivity contribution in [3.8, 4) is 11.5 Å². The number of nitrogens with two attached hydrogens (primary N) is 1. The smallest absolute Gasteiger partial charge is 0.223 e. The molecule has 3 N–H and O–H groups in total. The normalized spacial score (nSPS) is 21.6. The topological polar surface area (TPSA) is 73.6 Å². The fourth-order valence-electron chi connectivity index (χ4n) is 2.60. The number of methoxy groups -OCH3 is 2. The molecule has 1 amide bonds. The lowest BCUT2D eigenvalue weighted by Crippen LogP contribution is -2.30. The number of carbonyl (C=O) groups is 1. The van der Waals surface area contributed by atoms with Crippen LogP contribution in [0.1, 0.15) is 24.8 Å². The number of rotatable bonds is 5. The van der Waals surface area contributed by atoms with Crippen molar-refractivity contribution in [2.24, 2.45) is 11.7 Å². The minimum Gasteiger partial charge on any atom is -0.497 e. The summed E-state index contributed by atoms with van der Waals surface area (Å²) in [5.41, 5.74) is 6.74. The van der Waals surface area contributed by atoms with Gasteiger partial charge in [-0.2, -0.15) is 0 Å². The molecule has 0 spiro atoms. The summed E-state index contributed by atoms with van der Waals surface area (Å²) in [6.07, 6.45) is 2.59. The van der Waals surface area contributed by atoms with Gasteiger partial charge in [-0.1, -0.05) is 0 Å². The fourth-order valence-corrected chi connectivity index (χ4v) is 2.60. The van der Waals surface area contributed by atoms with E-state index in [2.05, 4.69) is 5.32 Å². The average molecular weight is 278 g/mol. The number of amides is 1. The fraction of sp³-hybridized carbons (Fsp3) is 0.533. The van der Waals surface area contributed by atoms with Crippen LogP contribution in [0, 0.1) is 5.92 Å². The predicted molar refractivity (Wildman–Crippen MR) is 76.7 cm³/mol. The molecule has 0 bridgehead atoms. The lowest BCUT2D eigenvalue weighted by molar-refractivity contribution is -0.125. The van der Waals surface area contributed by atoms with E-state index in [0.717, 1.165) is 36.3 Å². The summed E-state index contributed by atoms with van der Waals surface area (Å²) in [7, 11) is 3.23. The minimum atomic E-state index is 0.0432. The molecule has 0 saturated heterocycles. The van der Waals surface area contributed by atoms with Gasteiger partial charge in [-0.15, -0.1) is 0 Å². The molecule has 2 unspecified atom stereocenters. The maximum Gasteiger partial charge on any atom is 0.223 e. The van der Waals surface area contributed by atoms with E-state index in [4.69, 9.17) is 15.2 Å². The predicted octanol–water partition coefficient (Wildman–Crippen LogP) is 1.45. The zero-order chi connectivity index (χ0) is 14.5. The molecule has 5 heteroatoms. The molecule has 1 aliphatic rings. The molecule has 0 aliphatic heterocycles. The van der Waals surface area contributed by atoms with Crippen molar-refractivity contribution in [3.63, 3.8) is 0 Å². The van der Waals surface area contributed by atoms with Crippen LogP contribution in [0.3, 0.4) is 0 Å². The highest BCUT2D eigenvalue weighted by Gasteiger charge is 2.27. The first-order valence-electron chi connectivity index (χ1n) is 6.88. The van der Waals surface area contributed by atoms with Gasteiger partial charge < -0.3 is 20.5 Å². The lowest BCUT2D eigenvalue weighted by atomic mass is 10.1. The number of carbonyl (C=O) groups excluding carboxylic acids is 1. The van der Waals surface area contributed by atoms with Gasteiger partial charge >= 0.3 is 0 Å². The molecule has 5 nitrogen and oxygen atoms in total. The van der Waals surface area contributed by atoms with Crippen LogP contribution in [0.15, 0.2) is 18.2 Å². The van der Waals surface area contributed by atoms with Crippen molar-refractivity contribution >= 4 is 5.91 Å². The van der Waals surface area contributed by atoms with Crippen molar-refractivity contribution in [2.45, 2.75) is 31.8 Å². The Bertz CT molecular complexity index is 476. The van der Waals surface area contributed by atoms with Crippen LogP contribution in [-0.2, 0) is 11.3 Å². The molecular formula is C15H22N2O3. The third-order valence-electron chi connectivity index (χ3n) is 3.78. The molecule has 1 fully saturated rings. The molecule has 1 aromatic rings. The third-order valence-corrected chi connectivity index (χ3v) is 3.78. The number of nitrogens with one attached hydrogen (secondary N) is 1. The Morgan fingerprint density at radius 3 is 2.75 bits per heavy atom. The lowest BCUT2D eigenvalue weighted by Gasteiger charge is -2.14. The van der Waals surface area contributed by atoms with Crippen LogP contribution >= 0.6 is 0 Å². The second kappa shape index (κ2) is 6.61. The minimum absolute atomic E-state index is 0.0432. The molecule has 2 atom stereocenters. The second-order valence-corrected chi connectivity index (χ2v) is 5.17. The SMILES string of the molecule is COc1ccc(OC)c(CNC(=O)C2CCC(N)C2)c1. The Labute approximate surface area is 119 Å². The van der Waals surface area contributed by atoms with Gasteiger partial charge in [0, 0.05) is 24.1 Å². The maximum absolute atomic E-state index is 12.1. The van der Waals surface area contributed by atoms with Crippen LogP contribution in [0.2, 0.25) is 0 Å². The molecule has 1 aliphatic carbocycles. The summed E-state index contributed by atoms with van der Waals surface area (Å²) in [6, 6.07) is 5.71. The number of ether oxygens (including phenoxy) is 2. The van der Waals surface area contributed by atoms with Gasteiger partial charge in [-0.3, -0.25) is 4.79 Å². The van der Waals surface area contributed by atoms with Crippen LogP contribution in [0.4, 0.5) is 0 Å². The highest BCUT2D eigenvalue weighted by Crippen LogP contribution is 2.26. The molecule has 20 heavy (non-hydrogen) atoms. The van der Waals surface area contributed by atoms with E-state index in [1.54, 1.807) is 14.2 Å². The maximum atomic E-state index is 12.1. The van der Waals surface area contributed by atoms with Crippen molar-refractivity contribution in [1.29, 1.82) is 0 Å². The quantitative estimate of drug-likeness (QED) is 0.855. The first-order chi connectivity index (χ1) is 9.63. The van der Waals surface area contributed by atoms with Gasteiger partial charge in [0.15, 0.2) is 0 Å². The zero-order valence-electron chi connectivity index (χ0n) is 12.0. The van der Waals surface area contributed by atoms with E-state index < -0.39 is 0 Å². The van der Waals surface area contributed by atoms with Gasteiger partial charge in [-0.25, -0.2) is 0 Å². The van der Waals surface area contributed by atoms with Gasteiger partial charge in [-0.05, 0) is 37.5 Å². The van der Waals surface area contributed by atoms with Gasteiger partial charge in [0.2, 0.25) is 5.91 Å². The molecule has 1 saturated carbocycles. The number of hydrogen-bond donors (Lipinski definition) is 2. The Morgan fingerprint density at radius 1 is 1.35 bits per heavy atom. The highest BCUT2D eigenvalue weighted by atomic mass is 16.5. The van der Waals surface area contributed by atoms with E-state index in [1.165, 1.54) is 0 Å². The highest BCUT2D eigenvalue weighted by molar-refractivity contribution is 5.79. The molecule has 0 radical (unpaired) electrons. The van der Waals surface area contributed by atoms with Crippen molar-refractivity contribution in [2.75, 3.05) is 14.2 Å². The summed E-state index contributed by atoms with van der Waals surface area (Å²) in [5, 5.41) is 2.96. The largest absolute Gasteiger partial charge is 0.497 e. The summed E-state index contributed by atoms with van der Waals surface area (Å²) < 4.78 is 10.5. The summed E-state index contributed by atoms with van der Waals surface area (Å²) >= 11 is 0. The van der Waals surface area contributed by atoms with Gasteiger partial charge in [0.1, 0.15) is 11.5 Å². The van der Waals surface area contributed by atoms with Crippen molar-refractivity contribution in [1.82, 2.24) is 5.32 Å². The van der Waals surface area contributed by atoms with E-state index in [-0.39, 0.29) is 17.9 Å². The Hall–Kier alpha value is -1.75. The van der Waals surface area contributed by atoms with Gasteiger partial charge in [0.25, 0.3) is 0 Å². The Balaban J connectivity index is 1.97. The van der Waals surface area contributed by atoms with Crippen molar-refractivity contribution in [3.05, 3.63) is 23.8 Å². The standard InChI is InChI=1S/C15H22N2O3/c1-19-13-5-6-14(20-2)11(8-13)9-17-15(18)10-3-4-12(16)7-10/h5-6,8,10,12H,3-4,7,9,16H2,1-2H3,(H,17,18). The Morgan fingerprint density at radius 2 is 2.15 bits per heavy atom. The van der Waals surface area contributed by atoms with Crippen LogP contribution in [0.5, 0.6) is 11.5 Å². The third kappa shape index (κ3) is 3.42. The first kappa shape index (κ1) is 14.7. The Kier molecular flexibility index (Phi) is 4.84. The monoisotopic (exact) mass is 278 g/mol. The van der Waals surface area contributed by atoms with Crippen molar-refractivity contribution < 1.29 is 14.3 Å². The second-order valence-electron chi connectivity index (χ2n) is 5.17. The number of benzene rings is 1. The van der Waals surface area contributed by atoms with E-state index >= 15 is 0 Å². The summed E-state index contributed by atoms with van der Waals surface area (Å²) in [5.74, 6) is 1.61. The number of hydrogen-bond acceptors (Lipinski definition) is 4. The summed E-state index contributed by atoms with van der Waals surface area (Å²) in [6.45, 7) is 0.435. The molecule has 1 aromatic carbocycles. The molecule has 0 aromatic heterocycles. The van der Waals surface area contributed by atoms with E-state index in [9.17, 15) is 4.79 Å². The molecule has 0 heterocycles. The van der Waals surface area contributed by atoms with Gasteiger partial charge in [0.05, 0.1) is 14.2 Å². The first-order valence-corrected chi connectivity index (χ1v) is 6.88. The van der Waals surface area contributed by atoms with E-state index in [0.29, 0.717) is 6.54 Å². The summed E-state index contributed by atoms with van der Waals surface area (Å²) in [4.78, 5) is 12.1. The van der Waals surface area contributed by atoms with Crippen LogP contribution in [0.25, 0.3) is 0 Å². The van der Waals surface area contributed by atoms with E-state index in [1.807, 2.05) is 18.2 Å². The average Bonchev–Trinajstić information content (AvgIpc) is 2.91. The molecule has 110 valence electrons. The molecular weight excluding hydrogens is 256 g/mol.